The first kappa shape index (κ1) is 14.6. The van der Waals surface area contributed by atoms with Gasteiger partial charge in [0.2, 0.25) is 0 Å². The summed E-state index contributed by atoms with van der Waals surface area (Å²) in [6, 6.07) is 4.52. The normalized spacial score (nSPS) is 28.7. The van der Waals surface area contributed by atoms with Crippen LogP contribution < -0.4 is 4.74 Å². The molecule has 2 heterocycles. The smallest absolute Gasteiger partial charge is 0.335 e. The van der Waals surface area contributed by atoms with Gasteiger partial charge in [0, 0.05) is 25.9 Å². The van der Waals surface area contributed by atoms with Crippen molar-refractivity contribution in [1.82, 2.24) is 0 Å². The van der Waals surface area contributed by atoms with Crippen LogP contribution in [0.15, 0.2) is 18.2 Å². The van der Waals surface area contributed by atoms with E-state index in [1.165, 1.54) is 12.1 Å². The molecule has 114 valence electrons. The summed E-state index contributed by atoms with van der Waals surface area (Å²) >= 11 is 6.10. The number of benzene rings is 1. The van der Waals surface area contributed by atoms with Crippen LogP contribution >= 0.6 is 11.6 Å². The molecule has 0 aromatic heterocycles. The lowest BCUT2D eigenvalue weighted by Gasteiger charge is -2.37. The molecule has 0 saturated carbocycles. The Morgan fingerprint density at radius 3 is 2.95 bits per heavy atom. The van der Waals surface area contributed by atoms with Gasteiger partial charge in [-0.25, -0.2) is 4.79 Å². The van der Waals surface area contributed by atoms with Crippen LogP contribution in [0.3, 0.4) is 0 Å². The molecule has 2 unspecified atom stereocenters. The number of carboxylic acid groups (broad SMARTS) is 1. The van der Waals surface area contributed by atoms with Crippen LogP contribution in [-0.4, -0.2) is 42.6 Å². The minimum atomic E-state index is -1.00. The Labute approximate surface area is 127 Å². The van der Waals surface area contributed by atoms with Crippen molar-refractivity contribution in [2.24, 2.45) is 0 Å². The third kappa shape index (κ3) is 3.15. The number of hydrogen-bond donors (Lipinski definition) is 1. The van der Waals surface area contributed by atoms with Gasteiger partial charge in [-0.1, -0.05) is 11.6 Å². The lowest BCUT2D eigenvalue weighted by molar-refractivity contribution is -0.112. The second kappa shape index (κ2) is 5.83. The highest BCUT2D eigenvalue weighted by Crippen LogP contribution is 2.36. The van der Waals surface area contributed by atoms with E-state index in [2.05, 4.69) is 0 Å². The molecule has 0 aliphatic carbocycles. The van der Waals surface area contributed by atoms with Gasteiger partial charge in [0.1, 0.15) is 11.9 Å². The second-order valence-corrected chi connectivity index (χ2v) is 5.92. The van der Waals surface area contributed by atoms with Crippen molar-refractivity contribution in [3.63, 3.8) is 0 Å². The zero-order chi connectivity index (χ0) is 14.9. The van der Waals surface area contributed by atoms with Gasteiger partial charge in [0.15, 0.2) is 0 Å². The second-order valence-electron chi connectivity index (χ2n) is 5.52. The summed E-state index contributed by atoms with van der Waals surface area (Å²) in [7, 11) is 0. The molecule has 2 saturated heterocycles. The number of carboxylic acids is 1. The van der Waals surface area contributed by atoms with E-state index < -0.39 is 5.97 Å². The Bertz CT molecular complexity index is 539. The van der Waals surface area contributed by atoms with Gasteiger partial charge in [-0.2, -0.15) is 0 Å². The zero-order valence-electron chi connectivity index (χ0n) is 11.5. The van der Waals surface area contributed by atoms with E-state index in [0.29, 0.717) is 24.0 Å². The monoisotopic (exact) mass is 312 g/mol. The molecule has 6 heteroatoms. The Morgan fingerprint density at radius 2 is 2.29 bits per heavy atom. The lowest BCUT2D eigenvalue weighted by atomic mass is 9.91. The Kier molecular flexibility index (Phi) is 4.06. The fraction of sp³-hybridized carbons (Fsp3) is 0.533. The molecule has 1 aromatic rings. The summed E-state index contributed by atoms with van der Waals surface area (Å²) in [6.45, 7) is 1.97. The minimum absolute atomic E-state index is 0.00799. The summed E-state index contributed by atoms with van der Waals surface area (Å²) in [4.78, 5) is 10.9. The summed E-state index contributed by atoms with van der Waals surface area (Å²) < 4.78 is 17.2. The SMILES string of the molecule is O=C(O)c1ccc(OC2CCOC3(CCOC3)C2)c(Cl)c1. The fourth-order valence-corrected chi connectivity index (χ4v) is 3.08. The first-order valence-electron chi connectivity index (χ1n) is 6.99. The van der Waals surface area contributed by atoms with Crippen LogP contribution in [0, 0.1) is 0 Å². The maximum Gasteiger partial charge on any atom is 0.335 e. The van der Waals surface area contributed by atoms with Crippen LogP contribution in [0.1, 0.15) is 29.6 Å². The van der Waals surface area contributed by atoms with Gasteiger partial charge >= 0.3 is 5.97 Å². The highest BCUT2D eigenvalue weighted by atomic mass is 35.5. The Hall–Kier alpha value is -1.30. The summed E-state index contributed by atoms with van der Waals surface area (Å²) in [5.74, 6) is -0.487. The molecule has 2 fully saturated rings. The van der Waals surface area contributed by atoms with Gasteiger partial charge in [0.05, 0.1) is 29.4 Å². The molecule has 21 heavy (non-hydrogen) atoms. The number of aromatic carboxylic acids is 1. The number of hydrogen-bond acceptors (Lipinski definition) is 4. The molecule has 3 rings (SSSR count). The third-order valence-electron chi connectivity index (χ3n) is 3.99. The summed E-state index contributed by atoms with van der Waals surface area (Å²) in [5, 5.41) is 9.25. The third-order valence-corrected chi connectivity index (χ3v) is 4.28. The molecular formula is C15H17ClO5. The average molecular weight is 313 g/mol. The van der Waals surface area contributed by atoms with Crippen LogP contribution in [0.25, 0.3) is 0 Å². The van der Waals surface area contributed by atoms with Gasteiger partial charge < -0.3 is 19.3 Å². The van der Waals surface area contributed by atoms with Gasteiger partial charge in [-0.15, -0.1) is 0 Å². The van der Waals surface area contributed by atoms with Crippen molar-refractivity contribution in [2.75, 3.05) is 19.8 Å². The summed E-state index contributed by atoms with van der Waals surface area (Å²) in [6.07, 6.45) is 2.45. The van der Waals surface area contributed by atoms with Crippen LogP contribution in [0.2, 0.25) is 5.02 Å². The largest absolute Gasteiger partial charge is 0.489 e. The maximum absolute atomic E-state index is 10.9. The van der Waals surface area contributed by atoms with E-state index in [-0.39, 0.29) is 17.3 Å². The van der Waals surface area contributed by atoms with Crippen LogP contribution in [-0.2, 0) is 9.47 Å². The topological polar surface area (TPSA) is 65.0 Å². The standard InChI is InChI=1S/C15H17ClO5/c16-12-7-10(14(17)18)1-2-13(12)21-11-3-5-20-15(8-11)4-6-19-9-15/h1-2,7,11H,3-6,8-9H2,(H,17,18). The van der Waals surface area contributed by atoms with E-state index >= 15 is 0 Å². The molecule has 2 atom stereocenters. The first-order valence-corrected chi connectivity index (χ1v) is 7.37. The van der Waals surface area contributed by atoms with Crippen molar-refractivity contribution in [2.45, 2.75) is 31.0 Å². The summed E-state index contributed by atoms with van der Waals surface area (Å²) in [5.41, 5.74) is -0.0730. The van der Waals surface area contributed by atoms with Crippen LogP contribution in [0.4, 0.5) is 0 Å². The van der Waals surface area contributed by atoms with E-state index in [4.69, 9.17) is 30.9 Å². The number of rotatable bonds is 3. The van der Waals surface area contributed by atoms with Crippen molar-refractivity contribution in [1.29, 1.82) is 0 Å². The fourth-order valence-electron chi connectivity index (χ4n) is 2.86. The van der Waals surface area contributed by atoms with Crippen molar-refractivity contribution < 1.29 is 24.1 Å². The average Bonchev–Trinajstić information content (AvgIpc) is 2.89. The number of halogens is 1. The molecule has 2 aliphatic heterocycles. The van der Waals surface area contributed by atoms with E-state index in [1.54, 1.807) is 6.07 Å². The molecule has 1 aromatic carbocycles. The van der Waals surface area contributed by atoms with Crippen molar-refractivity contribution >= 4 is 17.6 Å². The Morgan fingerprint density at radius 1 is 1.43 bits per heavy atom. The predicted molar refractivity (Wildman–Crippen MR) is 76.2 cm³/mol. The lowest BCUT2D eigenvalue weighted by Crippen LogP contribution is -2.44. The molecular weight excluding hydrogens is 296 g/mol. The van der Waals surface area contributed by atoms with Crippen molar-refractivity contribution in [3.8, 4) is 5.75 Å². The van der Waals surface area contributed by atoms with Gasteiger partial charge in [0.25, 0.3) is 0 Å². The van der Waals surface area contributed by atoms with E-state index in [0.717, 1.165) is 25.9 Å². The number of ether oxygens (including phenoxy) is 3. The molecule has 1 spiro atoms. The highest BCUT2D eigenvalue weighted by molar-refractivity contribution is 6.32. The van der Waals surface area contributed by atoms with Crippen LogP contribution in [0.5, 0.6) is 5.75 Å². The predicted octanol–water partition coefficient (Wildman–Crippen LogP) is 2.76. The molecule has 1 N–H and O–H groups in total. The molecule has 0 bridgehead atoms. The zero-order valence-corrected chi connectivity index (χ0v) is 12.3. The molecule has 0 radical (unpaired) electrons. The Balaban J connectivity index is 1.70. The van der Waals surface area contributed by atoms with E-state index in [1.807, 2.05) is 0 Å². The maximum atomic E-state index is 10.9. The highest BCUT2D eigenvalue weighted by Gasteiger charge is 2.41. The molecule has 2 aliphatic rings. The molecule has 5 nitrogen and oxygen atoms in total. The quantitative estimate of drug-likeness (QED) is 0.929. The number of carbonyl (C=O) groups is 1. The van der Waals surface area contributed by atoms with Crippen molar-refractivity contribution in [3.05, 3.63) is 28.8 Å². The van der Waals surface area contributed by atoms with Gasteiger partial charge in [-0.3, -0.25) is 0 Å². The molecule has 0 amide bonds. The van der Waals surface area contributed by atoms with Gasteiger partial charge in [-0.05, 0) is 18.2 Å². The minimum Gasteiger partial charge on any atom is -0.489 e. The van der Waals surface area contributed by atoms with E-state index in [9.17, 15) is 4.79 Å². The first-order chi connectivity index (χ1) is 10.1.